The van der Waals surface area contributed by atoms with E-state index in [4.69, 9.17) is 33.1 Å². The largest absolute Gasteiger partial charge is 0.490 e. The Balaban J connectivity index is 0.000000321. The van der Waals surface area contributed by atoms with Crippen LogP contribution in [0, 0.1) is 5.41 Å². The van der Waals surface area contributed by atoms with E-state index in [9.17, 15) is 18.0 Å². The maximum Gasteiger partial charge on any atom is 0.490 e. The first-order valence-corrected chi connectivity index (χ1v) is 8.85. The number of rotatable bonds is 3. The first-order valence-electron chi connectivity index (χ1n) is 8.10. The Morgan fingerprint density at radius 3 is 2.41 bits per heavy atom. The summed E-state index contributed by atoms with van der Waals surface area (Å²) < 4.78 is 31.7. The number of ketones is 1. The van der Waals surface area contributed by atoms with Gasteiger partial charge in [-0.15, -0.1) is 0 Å². The molecule has 1 saturated carbocycles. The SMILES string of the molecule is CC(=O)/C=C/[C@]12CNCC[C@@]1(c1ccc(Cl)c(Cl)c1)C2.O=C(O)C(F)(F)F. The zero-order valence-corrected chi connectivity index (χ0v) is 15.9. The van der Waals surface area contributed by atoms with E-state index in [-0.39, 0.29) is 16.6 Å². The van der Waals surface area contributed by atoms with E-state index >= 15 is 0 Å². The minimum Gasteiger partial charge on any atom is -0.475 e. The highest BCUT2D eigenvalue weighted by Crippen LogP contribution is 2.68. The van der Waals surface area contributed by atoms with Crippen molar-refractivity contribution < 1.29 is 27.9 Å². The molecule has 0 radical (unpaired) electrons. The molecule has 3 rings (SSSR count). The number of carbonyl (C=O) groups is 2. The van der Waals surface area contributed by atoms with Gasteiger partial charge in [0.2, 0.25) is 0 Å². The van der Waals surface area contributed by atoms with Crippen LogP contribution in [0.25, 0.3) is 0 Å². The van der Waals surface area contributed by atoms with E-state index in [1.807, 2.05) is 12.1 Å². The van der Waals surface area contributed by atoms with E-state index < -0.39 is 12.1 Å². The van der Waals surface area contributed by atoms with Gasteiger partial charge in [0.25, 0.3) is 0 Å². The van der Waals surface area contributed by atoms with Crippen molar-refractivity contribution in [1.82, 2.24) is 5.32 Å². The molecule has 0 unspecified atom stereocenters. The summed E-state index contributed by atoms with van der Waals surface area (Å²) in [6, 6.07) is 5.93. The van der Waals surface area contributed by atoms with Gasteiger partial charge in [-0.2, -0.15) is 13.2 Å². The molecule has 1 aliphatic carbocycles. The standard InChI is InChI=1S/C16H17Cl2NO.C2HF3O2/c1-11(20)4-5-15-9-16(15,6-7-19-10-15)12-2-3-13(17)14(18)8-12;3-2(4,5)1(6)7/h2-5,8,19H,6-7,9-10H2,1H3;(H,6,7)/b5-4+;/t15-,16-;/m0./s1. The number of hydrogen-bond acceptors (Lipinski definition) is 3. The molecule has 2 fully saturated rings. The molecule has 0 aromatic heterocycles. The Labute approximate surface area is 164 Å². The molecule has 1 heterocycles. The Morgan fingerprint density at radius 2 is 1.89 bits per heavy atom. The van der Waals surface area contributed by atoms with E-state index in [0.717, 1.165) is 25.9 Å². The van der Waals surface area contributed by atoms with Gasteiger partial charge < -0.3 is 10.4 Å². The molecule has 1 aromatic carbocycles. The van der Waals surface area contributed by atoms with Crippen LogP contribution < -0.4 is 5.32 Å². The second kappa shape index (κ2) is 7.81. The number of carbonyl (C=O) groups excluding carboxylic acids is 1. The highest BCUT2D eigenvalue weighted by atomic mass is 35.5. The number of halogens is 5. The fourth-order valence-corrected chi connectivity index (χ4v) is 3.86. The zero-order valence-electron chi connectivity index (χ0n) is 14.4. The summed E-state index contributed by atoms with van der Waals surface area (Å²) in [7, 11) is 0. The molecule has 2 atom stereocenters. The number of carboxylic acid groups (broad SMARTS) is 1. The number of piperidine rings is 1. The van der Waals surface area contributed by atoms with Crippen molar-refractivity contribution in [2.75, 3.05) is 13.1 Å². The molecule has 27 heavy (non-hydrogen) atoms. The predicted molar refractivity (Wildman–Crippen MR) is 96.2 cm³/mol. The fourth-order valence-electron chi connectivity index (χ4n) is 3.56. The lowest BCUT2D eigenvalue weighted by Gasteiger charge is -2.30. The van der Waals surface area contributed by atoms with Crippen LogP contribution in [-0.2, 0) is 15.0 Å². The highest BCUT2D eigenvalue weighted by Gasteiger charge is 2.67. The summed E-state index contributed by atoms with van der Waals surface area (Å²) in [5.74, 6) is -2.66. The second-order valence-corrected chi connectivity index (χ2v) is 7.53. The van der Waals surface area contributed by atoms with Gasteiger partial charge in [0, 0.05) is 17.4 Å². The lowest BCUT2D eigenvalue weighted by atomic mass is 9.80. The van der Waals surface area contributed by atoms with Crippen LogP contribution in [0.4, 0.5) is 13.2 Å². The molecule has 1 saturated heterocycles. The monoisotopic (exact) mass is 423 g/mol. The summed E-state index contributed by atoms with van der Waals surface area (Å²) in [6.07, 6.45) is 0.832. The molecule has 148 valence electrons. The Morgan fingerprint density at radius 1 is 1.26 bits per heavy atom. The lowest BCUT2D eigenvalue weighted by molar-refractivity contribution is -0.192. The van der Waals surface area contributed by atoms with Crippen LogP contribution in [-0.4, -0.2) is 36.1 Å². The maximum atomic E-state index is 11.2. The Bertz CT molecular complexity index is 782. The minimum absolute atomic E-state index is 0.0497. The minimum atomic E-state index is -5.08. The average molecular weight is 424 g/mol. The molecule has 0 amide bonds. The van der Waals surface area contributed by atoms with Crippen molar-refractivity contribution >= 4 is 35.0 Å². The van der Waals surface area contributed by atoms with Crippen LogP contribution >= 0.6 is 23.2 Å². The van der Waals surface area contributed by atoms with Crippen LogP contribution in [0.1, 0.15) is 25.3 Å². The predicted octanol–water partition coefficient (Wildman–Crippen LogP) is 4.39. The first kappa shape index (κ1) is 21.7. The molecule has 4 nitrogen and oxygen atoms in total. The topological polar surface area (TPSA) is 66.4 Å². The number of benzene rings is 1. The third kappa shape index (κ3) is 4.65. The number of carboxylic acids is 1. The van der Waals surface area contributed by atoms with Gasteiger partial charge in [-0.1, -0.05) is 35.3 Å². The molecular weight excluding hydrogens is 406 g/mol. The summed E-state index contributed by atoms with van der Waals surface area (Å²) in [5.41, 5.74) is 1.40. The molecule has 1 aliphatic heterocycles. The molecule has 0 bridgehead atoms. The van der Waals surface area contributed by atoms with Crippen LogP contribution in [0.3, 0.4) is 0 Å². The highest BCUT2D eigenvalue weighted by molar-refractivity contribution is 6.42. The molecule has 9 heteroatoms. The van der Waals surface area contributed by atoms with E-state index in [1.54, 1.807) is 13.0 Å². The maximum absolute atomic E-state index is 11.2. The van der Waals surface area contributed by atoms with Gasteiger partial charge in [0.05, 0.1) is 10.0 Å². The van der Waals surface area contributed by atoms with E-state index in [1.165, 1.54) is 5.56 Å². The van der Waals surface area contributed by atoms with Crippen molar-refractivity contribution in [1.29, 1.82) is 0 Å². The third-order valence-corrected chi connectivity index (χ3v) is 5.71. The lowest BCUT2D eigenvalue weighted by Crippen LogP contribution is -2.37. The number of fused-ring (bicyclic) bond motifs is 1. The van der Waals surface area contributed by atoms with Gasteiger partial charge in [-0.25, -0.2) is 4.79 Å². The van der Waals surface area contributed by atoms with Gasteiger partial charge in [0.15, 0.2) is 5.78 Å². The zero-order chi connectivity index (χ0) is 20.5. The van der Waals surface area contributed by atoms with Crippen molar-refractivity contribution in [3.05, 3.63) is 46.0 Å². The van der Waals surface area contributed by atoms with Crippen molar-refractivity contribution in [3.8, 4) is 0 Å². The van der Waals surface area contributed by atoms with Gasteiger partial charge in [0.1, 0.15) is 0 Å². The van der Waals surface area contributed by atoms with Gasteiger partial charge in [-0.3, -0.25) is 4.79 Å². The van der Waals surface area contributed by atoms with E-state index in [0.29, 0.717) is 10.0 Å². The molecule has 2 N–H and O–H groups in total. The summed E-state index contributed by atoms with van der Waals surface area (Å²) in [4.78, 5) is 20.1. The van der Waals surface area contributed by atoms with Crippen LogP contribution in [0.2, 0.25) is 10.0 Å². The van der Waals surface area contributed by atoms with Crippen LogP contribution in [0.5, 0.6) is 0 Å². The van der Waals surface area contributed by atoms with E-state index in [2.05, 4.69) is 17.5 Å². The third-order valence-electron chi connectivity index (χ3n) is 4.97. The Hall–Kier alpha value is -1.57. The first-order chi connectivity index (χ1) is 12.4. The summed E-state index contributed by atoms with van der Waals surface area (Å²) >= 11 is 12.2. The van der Waals surface area contributed by atoms with Crippen molar-refractivity contribution in [2.45, 2.75) is 31.4 Å². The molecule has 0 spiro atoms. The molecule has 2 aliphatic rings. The quantitative estimate of drug-likeness (QED) is 0.707. The summed E-state index contributed by atoms with van der Waals surface area (Å²) in [5, 5.41) is 11.8. The Kier molecular flexibility index (Phi) is 6.29. The van der Waals surface area contributed by atoms with Crippen molar-refractivity contribution in [2.24, 2.45) is 5.41 Å². The molecule has 1 aromatic rings. The second-order valence-electron chi connectivity index (χ2n) is 6.72. The van der Waals surface area contributed by atoms with Crippen LogP contribution in [0.15, 0.2) is 30.4 Å². The molecular formula is C18H18Cl2F3NO3. The number of alkyl halides is 3. The smallest absolute Gasteiger partial charge is 0.475 e. The van der Waals surface area contributed by atoms with Gasteiger partial charge >= 0.3 is 12.1 Å². The summed E-state index contributed by atoms with van der Waals surface area (Å²) in [6.45, 7) is 3.50. The normalized spacial score (nSPS) is 26.7. The number of aliphatic carboxylic acids is 1. The number of hydrogen-bond donors (Lipinski definition) is 2. The number of nitrogens with one attached hydrogen (secondary N) is 1. The van der Waals surface area contributed by atoms with Gasteiger partial charge in [-0.05, 0) is 50.1 Å². The number of allylic oxidation sites excluding steroid dienone is 1. The van der Waals surface area contributed by atoms with Crippen molar-refractivity contribution in [3.63, 3.8) is 0 Å². The fraction of sp³-hybridized carbons (Fsp3) is 0.444. The average Bonchev–Trinajstić information content (AvgIpc) is 3.26.